The molecule has 356 valence electrons. The average Bonchev–Trinajstić information content (AvgIpc) is 3.61. The van der Waals surface area contributed by atoms with E-state index in [1.54, 1.807) is 12.3 Å². The number of anilines is 2. The lowest BCUT2D eigenvalue weighted by Gasteiger charge is -2.44. The van der Waals surface area contributed by atoms with Crippen LogP contribution in [0, 0.1) is 17.2 Å². The van der Waals surface area contributed by atoms with Gasteiger partial charge < -0.3 is 24.2 Å². The molecule has 9 rings (SSSR count). The Morgan fingerprint density at radius 2 is 1.59 bits per heavy atom. The predicted molar refractivity (Wildman–Crippen MR) is 259 cm³/mol. The molecule has 1 unspecified atom stereocenters. The van der Waals surface area contributed by atoms with Crippen LogP contribution in [-0.2, 0) is 21.6 Å². The standard InChI is InChI=1S/C51H57Cl2N9O6/c1-51(2,36-28-34(30-54)46(41(53)29-36)67-27-17-52)35-6-8-39(9-7-35)68-32-37-12-18-55-50(56-37)61-25-23-59(24-26-61)38-15-19-58(20-16-38)31-33-13-21-60(22-14-33)42-5-3-4-40-45(42)49(66)62(48(40)65)43-10-11-44(63)57-47(43)64/h3-9,12,18,28-29,33,38,43H,10-11,13-17,19-27,31-32H2,1-2H3,(H,57,63,64). The van der Waals surface area contributed by atoms with Gasteiger partial charge in [0.2, 0.25) is 17.8 Å². The normalized spacial score (nSPS) is 20.1. The molecule has 0 bridgehead atoms. The third-order valence-corrected chi connectivity index (χ3v) is 14.9. The van der Waals surface area contributed by atoms with E-state index in [2.05, 4.69) is 49.8 Å². The van der Waals surface area contributed by atoms with Gasteiger partial charge in [-0.3, -0.25) is 34.3 Å². The Kier molecular flexibility index (Phi) is 14.2. The maximum Gasteiger partial charge on any atom is 0.264 e. The number of hydrogen-bond acceptors (Lipinski definition) is 13. The number of likely N-dealkylation sites (tertiary alicyclic amines) is 1. The second-order valence-electron chi connectivity index (χ2n) is 18.9. The lowest BCUT2D eigenvalue weighted by atomic mass is 9.77. The first-order valence-corrected chi connectivity index (χ1v) is 24.6. The van der Waals surface area contributed by atoms with Gasteiger partial charge in [-0.05, 0) is 105 Å². The number of piperazine rings is 1. The number of carbonyl (C=O) groups is 4. The number of alkyl halides is 1. The maximum absolute atomic E-state index is 13.7. The van der Waals surface area contributed by atoms with Gasteiger partial charge in [-0.15, -0.1) is 11.6 Å². The first-order chi connectivity index (χ1) is 32.9. The lowest BCUT2D eigenvalue weighted by Crippen LogP contribution is -2.54. The molecule has 17 heteroatoms. The third-order valence-electron chi connectivity index (χ3n) is 14.5. The van der Waals surface area contributed by atoms with E-state index in [1.807, 2.05) is 54.6 Å². The Morgan fingerprint density at radius 3 is 2.29 bits per heavy atom. The zero-order chi connectivity index (χ0) is 47.5. The average molecular weight is 963 g/mol. The monoisotopic (exact) mass is 961 g/mol. The quantitative estimate of drug-likeness (QED) is 0.109. The zero-order valence-corrected chi connectivity index (χ0v) is 40.1. The molecule has 0 saturated carbocycles. The van der Waals surface area contributed by atoms with Crippen LogP contribution in [0.15, 0.2) is 66.9 Å². The van der Waals surface area contributed by atoms with Crippen LogP contribution in [-0.4, -0.2) is 132 Å². The number of imide groups is 2. The third kappa shape index (κ3) is 9.87. The second-order valence-corrected chi connectivity index (χ2v) is 19.7. The van der Waals surface area contributed by atoms with Crippen molar-refractivity contribution in [1.29, 1.82) is 5.26 Å². The maximum atomic E-state index is 13.7. The molecule has 5 aliphatic heterocycles. The van der Waals surface area contributed by atoms with Crippen molar-refractivity contribution in [3.63, 3.8) is 0 Å². The van der Waals surface area contributed by atoms with E-state index in [0.29, 0.717) is 51.9 Å². The number of carbonyl (C=O) groups excluding carboxylic acids is 4. The molecule has 4 saturated heterocycles. The Balaban J connectivity index is 0.708. The summed E-state index contributed by atoms with van der Waals surface area (Å²) in [6, 6.07) is 20.7. The SMILES string of the molecule is CC(C)(c1ccc(OCc2ccnc(N3CCN(C4CCN(CC5CCN(c6cccc7c6C(=O)N(C6CCC(=O)NC6=O)C7=O)CC5)CC4)CC3)n2)cc1)c1cc(Cl)c(OCCCl)c(C#N)c1. The Bertz CT molecular complexity index is 2580. The van der Waals surface area contributed by atoms with Crippen molar-refractivity contribution in [2.24, 2.45) is 5.92 Å². The highest BCUT2D eigenvalue weighted by atomic mass is 35.5. The van der Waals surface area contributed by atoms with E-state index >= 15 is 0 Å². The van der Waals surface area contributed by atoms with Gasteiger partial charge in [0, 0.05) is 69.9 Å². The predicted octanol–water partition coefficient (Wildman–Crippen LogP) is 6.43. The number of fused-ring (bicyclic) bond motifs is 1. The molecule has 6 heterocycles. The van der Waals surface area contributed by atoms with Crippen molar-refractivity contribution in [1.82, 2.24) is 30.0 Å². The van der Waals surface area contributed by atoms with Crippen LogP contribution in [0.1, 0.15) is 95.5 Å². The van der Waals surface area contributed by atoms with Gasteiger partial charge in [-0.1, -0.05) is 43.6 Å². The van der Waals surface area contributed by atoms with Crippen LogP contribution in [0.2, 0.25) is 5.02 Å². The molecule has 68 heavy (non-hydrogen) atoms. The molecule has 4 fully saturated rings. The van der Waals surface area contributed by atoms with Crippen molar-refractivity contribution in [2.75, 3.05) is 81.2 Å². The summed E-state index contributed by atoms with van der Waals surface area (Å²) in [5, 5.41) is 12.5. The minimum atomic E-state index is -0.974. The number of halogens is 2. The first-order valence-electron chi connectivity index (χ1n) is 23.7. The second kappa shape index (κ2) is 20.4. The van der Waals surface area contributed by atoms with E-state index in [0.717, 1.165) is 124 Å². The summed E-state index contributed by atoms with van der Waals surface area (Å²) in [7, 11) is 0. The van der Waals surface area contributed by atoms with Crippen molar-refractivity contribution >= 4 is 58.5 Å². The van der Waals surface area contributed by atoms with Crippen LogP contribution in [0.4, 0.5) is 11.6 Å². The molecule has 0 aliphatic carbocycles. The first kappa shape index (κ1) is 47.3. The molecule has 3 aromatic carbocycles. The Morgan fingerprint density at radius 1 is 0.838 bits per heavy atom. The molecule has 4 amide bonds. The van der Waals surface area contributed by atoms with Crippen LogP contribution in [0.25, 0.3) is 0 Å². The number of ether oxygens (including phenoxy) is 2. The van der Waals surface area contributed by atoms with E-state index in [9.17, 15) is 24.4 Å². The molecule has 0 spiro atoms. The highest BCUT2D eigenvalue weighted by molar-refractivity contribution is 6.32. The fourth-order valence-corrected chi connectivity index (χ4v) is 10.8. The number of hydrogen-bond donors (Lipinski definition) is 1. The highest BCUT2D eigenvalue weighted by Crippen LogP contribution is 2.40. The highest BCUT2D eigenvalue weighted by Gasteiger charge is 2.46. The van der Waals surface area contributed by atoms with Gasteiger partial charge in [0.15, 0.2) is 5.75 Å². The Labute approximate surface area is 407 Å². The number of nitrogens with one attached hydrogen (secondary N) is 1. The summed E-state index contributed by atoms with van der Waals surface area (Å²) < 4.78 is 11.8. The van der Waals surface area contributed by atoms with Crippen LogP contribution in [0.3, 0.4) is 0 Å². The summed E-state index contributed by atoms with van der Waals surface area (Å²) in [5.74, 6) is 0.751. The van der Waals surface area contributed by atoms with Crippen molar-refractivity contribution in [2.45, 2.75) is 76.5 Å². The molecular formula is C51H57Cl2N9O6. The summed E-state index contributed by atoms with van der Waals surface area (Å²) in [5.41, 5.74) is 4.12. The molecule has 5 aliphatic rings. The zero-order valence-electron chi connectivity index (χ0n) is 38.6. The number of nitriles is 1. The number of nitrogens with zero attached hydrogens (tertiary/aromatic N) is 8. The molecule has 1 atom stereocenters. The largest absolute Gasteiger partial charge is 0.489 e. The number of piperidine rings is 3. The summed E-state index contributed by atoms with van der Waals surface area (Å²) in [4.78, 5) is 71.7. The van der Waals surface area contributed by atoms with Gasteiger partial charge in [0.1, 0.15) is 31.1 Å². The molecule has 1 aromatic heterocycles. The smallest absolute Gasteiger partial charge is 0.264 e. The van der Waals surface area contributed by atoms with Gasteiger partial charge in [0.25, 0.3) is 11.8 Å². The van der Waals surface area contributed by atoms with Crippen LogP contribution >= 0.6 is 23.2 Å². The van der Waals surface area contributed by atoms with E-state index in [4.69, 9.17) is 37.7 Å². The summed E-state index contributed by atoms with van der Waals surface area (Å²) >= 11 is 12.4. The Hall–Kier alpha value is -5.79. The fraction of sp³-hybridized carbons (Fsp3) is 0.471. The molecule has 15 nitrogen and oxygen atoms in total. The van der Waals surface area contributed by atoms with E-state index in [1.165, 1.54) is 0 Å². The molecular weight excluding hydrogens is 906 g/mol. The molecule has 1 N–H and O–H groups in total. The number of aromatic nitrogens is 2. The molecule has 0 radical (unpaired) electrons. The van der Waals surface area contributed by atoms with Crippen LogP contribution in [0.5, 0.6) is 11.5 Å². The van der Waals surface area contributed by atoms with Crippen molar-refractivity contribution in [3.05, 3.63) is 105 Å². The molecule has 4 aromatic rings. The number of benzene rings is 3. The van der Waals surface area contributed by atoms with Gasteiger partial charge in [-0.2, -0.15) is 5.26 Å². The minimum Gasteiger partial charge on any atom is -0.489 e. The van der Waals surface area contributed by atoms with Crippen molar-refractivity contribution < 1.29 is 28.7 Å². The lowest BCUT2D eigenvalue weighted by molar-refractivity contribution is -0.136. The fourth-order valence-electron chi connectivity index (χ4n) is 10.5. The minimum absolute atomic E-state index is 0.0963. The van der Waals surface area contributed by atoms with E-state index < -0.39 is 29.2 Å². The van der Waals surface area contributed by atoms with E-state index in [-0.39, 0.29) is 25.4 Å². The van der Waals surface area contributed by atoms with Crippen molar-refractivity contribution in [3.8, 4) is 17.6 Å². The summed E-state index contributed by atoms with van der Waals surface area (Å²) in [6.45, 7) is 13.2. The van der Waals surface area contributed by atoms with Gasteiger partial charge in [-0.25, -0.2) is 9.97 Å². The van der Waals surface area contributed by atoms with Gasteiger partial charge in [0.05, 0.1) is 39.0 Å². The van der Waals surface area contributed by atoms with Crippen LogP contribution < -0.4 is 24.6 Å². The topological polar surface area (TPSA) is 165 Å². The van der Waals surface area contributed by atoms with Gasteiger partial charge >= 0.3 is 0 Å². The number of rotatable bonds is 14. The summed E-state index contributed by atoms with van der Waals surface area (Å²) in [6.07, 6.45) is 6.33. The number of amides is 4.